The SMILES string of the molecule is CO[C@@H](c1ccc(OCc2ccccc2)c([N+](=O)[O-])c1)C(C)[N+](=O)[O-]. The highest BCUT2D eigenvalue weighted by molar-refractivity contribution is 5.49. The molecule has 0 aliphatic rings. The Kier molecular flexibility index (Phi) is 6.02. The zero-order valence-electron chi connectivity index (χ0n) is 13.8. The Morgan fingerprint density at radius 3 is 2.32 bits per heavy atom. The van der Waals surface area contributed by atoms with Gasteiger partial charge in [0.25, 0.3) is 0 Å². The van der Waals surface area contributed by atoms with E-state index in [0.717, 1.165) is 5.56 Å². The van der Waals surface area contributed by atoms with E-state index in [0.29, 0.717) is 5.56 Å². The van der Waals surface area contributed by atoms with Crippen molar-refractivity contribution in [3.05, 3.63) is 79.9 Å². The van der Waals surface area contributed by atoms with Crippen molar-refractivity contribution in [3.63, 3.8) is 0 Å². The normalized spacial score (nSPS) is 13.0. The molecule has 132 valence electrons. The molecule has 2 rings (SSSR count). The van der Waals surface area contributed by atoms with Crippen molar-refractivity contribution in [3.8, 4) is 5.75 Å². The maximum Gasteiger partial charge on any atom is 0.311 e. The summed E-state index contributed by atoms with van der Waals surface area (Å²) >= 11 is 0. The zero-order valence-corrected chi connectivity index (χ0v) is 13.8. The molecular weight excluding hydrogens is 328 g/mol. The summed E-state index contributed by atoms with van der Waals surface area (Å²) in [6.07, 6.45) is -0.892. The lowest BCUT2D eigenvalue weighted by Crippen LogP contribution is -2.25. The van der Waals surface area contributed by atoms with Gasteiger partial charge >= 0.3 is 5.69 Å². The van der Waals surface area contributed by atoms with Crippen molar-refractivity contribution in [2.24, 2.45) is 0 Å². The largest absolute Gasteiger partial charge is 0.482 e. The van der Waals surface area contributed by atoms with Crippen LogP contribution < -0.4 is 4.74 Å². The Labute approximate surface area is 144 Å². The molecule has 25 heavy (non-hydrogen) atoms. The van der Waals surface area contributed by atoms with Gasteiger partial charge in [-0.2, -0.15) is 0 Å². The van der Waals surface area contributed by atoms with Crippen LogP contribution in [0.15, 0.2) is 48.5 Å². The van der Waals surface area contributed by atoms with Gasteiger partial charge in [0.15, 0.2) is 5.75 Å². The van der Waals surface area contributed by atoms with E-state index >= 15 is 0 Å². The molecule has 0 fully saturated rings. The molecule has 0 radical (unpaired) electrons. The summed E-state index contributed by atoms with van der Waals surface area (Å²) in [5.74, 6) is 0.0983. The number of nitrogens with zero attached hydrogens (tertiary/aromatic N) is 2. The maximum absolute atomic E-state index is 11.4. The fourth-order valence-corrected chi connectivity index (χ4v) is 2.43. The lowest BCUT2D eigenvalue weighted by Gasteiger charge is -2.17. The fourth-order valence-electron chi connectivity index (χ4n) is 2.43. The minimum absolute atomic E-state index is 0.0983. The first-order chi connectivity index (χ1) is 11.9. The molecule has 0 aliphatic carbocycles. The Balaban J connectivity index is 2.27. The maximum atomic E-state index is 11.4. The highest BCUT2D eigenvalue weighted by Gasteiger charge is 2.30. The van der Waals surface area contributed by atoms with Gasteiger partial charge in [-0.1, -0.05) is 36.4 Å². The molecule has 0 aliphatic heterocycles. The van der Waals surface area contributed by atoms with Crippen molar-refractivity contribution in [2.75, 3.05) is 7.11 Å². The fraction of sp³-hybridized carbons (Fsp3) is 0.294. The first-order valence-electron chi connectivity index (χ1n) is 7.55. The third kappa shape index (κ3) is 4.51. The highest BCUT2D eigenvalue weighted by Crippen LogP contribution is 2.33. The summed E-state index contributed by atoms with van der Waals surface area (Å²) < 4.78 is 10.7. The van der Waals surface area contributed by atoms with Crippen LogP contribution in [-0.4, -0.2) is 23.0 Å². The zero-order chi connectivity index (χ0) is 18.4. The lowest BCUT2D eigenvalue weighted by atomic mass is 10.0. The van der Waals surface area contributed by atoms with Crippen LogP contribution in [0, 0.1) is 20.2 Å². The van der Waals surface area contributed by atoms with Gasteiger partial charge in [0.1, 0.15) is 12.7 Å². The molecule has 0 amide bonds. The predicted octanol–water partition coefficient (Wildman–Crippen LogP) is 3.53. The molecule has 2 atom stereocenters. The standard InChI is InChI=1S/C17H18N2O6/c1-12(18(20)21)17(24-2)14-8-9-16(15(10-14)19(22)23)25-11-13-6-4-3-5-7-13/h3-10,12,17H,11H2,1-2H3/t12?,17-/m1/s1. The second-order valence-corrected chi connectivity index (χ2v) is 5.44. The quantitative estimate of drug-likeness (QED) is 0.535. The molecule has 8 nitrogen and oxygen atoms in total. The molecule has 8 heteroatoms. The average molecular weight is 346 g/mol. The molecule has 0 bridgehead atoms. The number of benzene rings is 2. The van der Waals surface area contributed by atoms with Crippen molar-refractivity contribution < 1.29 is 19.3 Å². The molecule has 1 unspecified atom stereocenters. The summed E-state index contributed by atoms with van der Waals surface area (Å²) in [5.41, 5.74) is 0.967. The van der Waals surface area contributed by atoms with Crippen LogP contribution >= 0.6 is 0 Å². The van der Waals surface area contributed by atoms with Gasteiger partial charge in [-0.15, -0.1) is 0 Å². The third-order valence-electron chi connectivity index (χ3n) is 3.77. The first kappa shape index (κ1) is 18.3. The van der Waals surface area contributed by atoms with Crippen molar-refractivity contribution in [1.82, 2.24) is 0 Å². The van der Waals surface area contributed by atoms with E-state index < -0.39 is 22.0 Å². The van der Waals surface area contributed by atoms with Gasteiger partial charge in [0.05, 0.1) is 4.92 Å². The van der Waals surface area contributed by atoms with Gasteiger partial charge < -0.3 is 9.47 Å². The lowest BCUT2D eigenvalue weighted by molar-refractivity contribution is -0.531. The van der Waals surface area contributed by atoms with E-state index in [-0.39, 0.29) is 18.0 Å². The molecule has 2 aromatic rings. The number of hydrogen-bond donors (Lipinski definition) is 0. The average Bonchev–Trinajstić information content (AvgIpc) is 2.61. The number of methoxy groups -OCH3 is 1. The Hall–Kier alpha value is -3.00. The third-order valence-corrected chi connectivity index (χ3v) is 3.77. The van der Waals surface area contributed by atoms with E-state index in [1.807, 2.05) is 30.3 Å². The van der Waals surface area contributed by atoms with Crippen molar-refractivity contribution in [2.45, 2.75) is 25.7 Å². The van der Waals surface area contributed by atoms with Crippen LogP contribution in [0.25, 0.3) is 0 Å². The highest BCUT2D eigenvalue weighted by atomic mass is 16.6. The topological polar surface area (TPSA) is 105 Å². The molecule has 0 saturated carbocycles. The van der Waals surface area contributed by atoms with Crippen LogP contribution in [-0.2, 0) is 11.3 Å². The Morgan fingerprint density at radius 2 is 1.76 bits per heavy atom. The Bertz CT molecular complexity index is 750. The molecule has 0 heterocycles. The van der Waals surface area contributed by atoms with Crippen LogP contribution in [0.3, 0.4) is 0 Å². The van der Waals surface area contributed by atoms with E-state index in [4.69, 9.17) is 9.47 Å². The number of ether oxygens (including phenoxy) is 2. The van der Waals surface area contributed by atoms with Gasteiger partial charge in [-0.3, -0.25) is 20.2 Å². The minimum atomic E-state index is -1.04. The summed E-state index contributed by atoms with van der Waals surface area (Å²) in [6, 6.07) is 12.4. The van der Waals surface area contributed by atoms with Crippen molar-refractivity contribution in [1.29, 1.82) is 0 Å². The van der Waals surface area contributed by atoms with E-state index in [1.165, 1.54) is 26.2 Å². The van der Waals surface area contributed by atoms with Gasteiger partial charge in [0, 0.05) is 25.0 Å². The second-order valence-electron chi connectivity index (χ2n) is 5.44. The number of hydrogen-bond acceptors (Lipinski definition) is 6. The predicted molar refractivity (Wildman–Crippen MR) is 90.1 cm³/mol. The molecule has 0 spiro atoms. The number of rotatable bonds is 8. The van der Waals surface area contributed by atoms with E-state index in [9.17, 15) is 20.2 Å². The van der Waals surface area contributed by atoms with E-state index in [2.05, 4.69) is 0 Å². The molecule has 0 saturated heterocycles. The van der Waals surface area contributed by atoms with E-state index in [1.54, 1.807) is 6.07 Å². The molecule has 2 aromatic carbocycles. The van der Waals surface area contributed by atoms with Crippen LogP contribution in [0.2, 0.25) is 0 Å². The summed E-state index contributed by atoms with van der Waals surface area (Å²) in [5, 5.41) is 22.3. The smallest absolute Gasteiger partial charge is 0.311 e. The number of nitro benzene ring substituents is 1. The molecular formula is C17H18N2O6. The monoisotopic (exact) mass is 346 g/mol. The minimum Gasteiger partial charge on any atom is -0.482 e. The number of nitro groups is 2. The molecule has 0 aromatic heterocycles. The first-order valence-corrected chi connectivity index (χ1v) is 7.55. The van der Waals surface area contributed by atoms with Gasteiger partial charge in [0.2, 0.25) is 6.04 Å². The second kappa shape index (κ2) is 8.20. The van der Waals surface area contributed by atoms with Crippen LogP contribution in [0.5, 0.6) is 5.75 Å². The van der Waals surface area contributed by atoms with Crippen molar-refractivity contribution >= 4 is 5.69 Å². The Morgan fingerprint density at radius 1 is 1.08 bits per heavy atom. The van der Waals surface area contributed by atoms with Gasteiger partial charge in [-0.25, -0.2) is 0 Å². The summed E-state index contributed by atoms with van der Waals surface area (Å²) in [4.78, 5) is 21.3. The molecule has 0 N–H and O–H groups in total. The summed E-state index contributed by atoms with van der Waals surface area (Å²) in [6.45, 7) is 1.57. The summed E-state index contributed by atoms with van der Waals surface area (Å²) in [7, 11) is 1.33. The van der Waals surface area contributed by atoms with Crippen LogP contribution in [0.1, 0.15) is 24.2 Å². The van der Waals surface area contributed by atoms with Crippen LogP contribution in [0.4, 0.5) is 5.69 Å². The van der Waals surface area contributed by atoms with Gasteiger partial charge in [-0.05, 0) is 17.2 Å².